The van der Waals surface area contributed by atoms with E-state index in [-0.39, 0.29) is 55.1 Å². The third kappa shape index (κ3) is 4.00. The number of nitrogens with two attached hydrogens (primary N) is 1. The monoisotopic (exact) mass is 550 g/mol. The molecule has 2 aromatic carbocycles. The lowest BCUT2D eigenvalue weighted by atomic mass is 9.94. The van der Waals surface area contributed by atoms with Crippen LogP contribution in [0.2, 0.25) is 0 Å². The summed E-state index contributed by atoms with van der Waals surface area (Å²) in [7, 11) is 0. The van der Waals surface area contributed by atoms with Gasteiger partial charge in [0.15, 0.2) is 6.79 Å². The molecule has 2 atom stereocenters. The van der Waals surface area contributed by atoms with Gasteiger partial charge >= 0.3 is 0 Å². The Morgan fingerprint density at radius 3 is 2.59 bits per heavy atom. The minimum Gasteiger partial charge on any atom is -0.467 e. The number of rotatable bonds is 3. The van der Waals surface area contributed by atoms with Crippen molar-refractivity contribution < 1.29 is 18.3 Å². The molecule has 4 aromatic rings. The predicted molar refractivity (Wildman–Crippen MR) is 143 cm³/mol. The van der Waals surface area contributed by atoms with Gasteiger partial charge < -0.3 is 20.1 Å². The van der Waals surface area contributed by atoms with E-state index in [9.17, 15) is 9.65 Å². The van der Waals surface area contributed by atoms with Crippen LogP contribution in [0.5, 0.6) is 5.75 Å². The first-order valence-corrected chi connectivity index (χ1v) is 12.7. The smallest absolute Gasteiger partial charge is 0.212 e. The van der Waals surface area contributed by atoms with Crippen LogP contribution in [-0.4, -0.2) is 39.3 Å². The molecular weight excluding hydrogens is 526 g/mol. The zero-order valence-corrected chi connectivity index (χ0v) is 21.6. The fraction of sp³-hybridized carbons (Fsp3) is 0.321. The maximum Gasteiger partial charge on any atom is 0.212 e. The van der Waals surface area contributed by atoms with Crippen LogP contribution in [-0.2, 0) is 11.3 Å². The maximum atomic E-state index is 15.7. The lowest BCUT2D eigenvalue weighted by Gasteiger charge is -2.39. The normalized spacial score (nSPS) is 21.7. The molecule has 39 heavy (non-hydrogen) atoms. The number of nitrogens with zero attached hydrogens (tertiary/aromatic N) is 5. The summed E-state index contributed by atoms with van der Waals surface area (Å²) in [4.78, 5) is 12.1. The molecule has 0 spiro atoms. The Morgan fingerprint density at radius 2 is 1.85 bits per heavy atom. The molecule has 7 rings (SSSR count). The number of anilines is 1. The molecular formula is C28H25ClF2N6O2. The molecule has 5 heterocycles. The molecule has 200 valence electrons. The SMILES string of the molecule is Cl.N#Cc1ccc(-c2nc(N3C4CCC3CC(N)C4)n3ccnc3c2-c2c(F)ccc3c2COCO3)cc1F. The molecule has 3 aliphatic heterocycles. The van der Waals surface area contributed by atoms with Crippen molar-refractivity contribution in [3.63, 3.8) is 0 Å². The number of fused-ring (bicyclic) bond motifs is 4. The third-order valence-electron chi connectivity index (χ3n) is 7.91. The first-order chi connectivity index (χ1) is 18.5. The van der Waals surface area contributed by atoms with E-state index in [0.29, 0.717) is 39.7 Å². The van der Waals surface area contributed by atoms with E-state index >= 15 is 4.39 Å². The predicted octanol–water partition coefficient (Wildman–Crippen LogP) is 4.96. The van der Waals surface area contributed by atoms with Crippen LogP contribution in [0.3, 0.4) is 0 Å². The molecule has 0 amide bonds. The summed E-state index contributed by atoms with van der Waals surface area (Å²) in [6.45, 7) is 0.216. The van der Waals surface area contributed by atoms with Gasteiger partial charge in [0.2, 0.25) is 5.95 Å². The van der Waals surface area contributed by atoms with Crippen LogP contribution in [0.1, 0.15) is 36.8 Å². The summed E-state index contributed by atoms with van der Waals surface area (Å²) in [6.07, 6.45) is 7.20. The Bertz CT molecular complexity index is 1620. The summed E-state index contributed by atoms with van der Waals surface area (Å²) in [5, 5.41) is 9.28. The standard InChI is InChI=1S/C28H24F2N6O2.ClH/c29-21-5-6-23-20(13-37-14-38-23)24(21)25-26(15-1-2-16(12-31)22(30)9-15)34-28(35-8-7-33-27(25)35)36-18-3-4-19(36)11-17(32)10-18;/h1-2,5-9,17-19H,3-4,10-11,13-14,32H2;1H. The Hall–Kier alpha value is -3.78. The molecule has 2 aromatic heterocycles. The van der Waals surface area contributed by atoms with Crippen LogP contribution < -0.4 is 15.4 Å². The summed E-state index contributed by atoms with van der Waals surface area (Å²) >= 11 is 0. The number of piperidine rings is 1. The van der Waals surface area contributed by atoms with Crippen LogP contribution in [0.25, 0.3) is 28.0 Å². The van der Waals surface area contributed by atoms with Gasteiger partial charge in [-0.05, 0) is 49.9 Å². The van der Waals surface area contributed by atoms with Gasteiger partial charge in [0, 0.05) is 47.2 Å². The fourth-order valence-electron chi connectivity index (χ4n) is 6.28. The Kier molecular flexibility index (Phi) is 6.38. The van der Waals surface area contributed by atoms with Gasteiger partial charge in [-0.15, -0.1) is 12.4 Å². The molecule has 3 aliphatic rings. The largest absolute Gasteiger partial charge is 0.467 e. The topological polar surface area (TPSA) is 102 Å². The number of ether oxygens (including phenoxy) is 2. The molecule has 2 saturated heterocycles. The van der Waals surface area contributed by atoms with Gasteiger partial charge in [0.05, 0.1) is 23.4 Å². The highest BCUT2D eigenvalue weighted by atomic mass is 35.5. The third-order valence-corrected chi connectivity index (χ3v) is 7.91. The number of aromatic nitrogens is 3. The zero-order chi connectivity index (χ0) is 26.0. The van der Waals surface area contributed by atoms with E-state index in [1.54, 1.807) is 18.3 Å². The zero-order valence-electron chi connectivity index (χ0n) is 20.8. The highest BCUT2D eigenvalue weighted by Crippen LogP contribution is 2.45. The molecule has 0 saturated carbocycles. The van der Waals surface area contributed by atoms with Crippen molar-refractivity contribution in [2.24, 2.45) is 5.73 Å². The van der Waals surface area contributed by atoms with E-state index in [2.05, 4.69) is 9.88 Å². The van der Waals surface area contributed by atoms with Crippen LogP contribution in [0, 0.1) is 23.0 Å². The van der Waals surface area contributed by atoms with Crippen LogP contribution >= 0.6 is 12.4 Å². The summed E-state index contributed by atoms with van der Waals surface area (Å²) in [5.41, 5.74) is 8.73. The first kappa shape index (κ1) is 25.5. The van der Waals surface area contributed by atoms with Gasteiger partial charge in [-0.3, -0.25) is 4.40 Å². The number of imidazole rings is 1. The van der Waals surface area contributed by atoms with Crippen molar-refractivity contribution in [3.05, 3.63) is 65.5 Å². The number of hydrogen-bond acceptors (Lipinski definition) is 7. The van der Waals surface area contributed by atoms with Gasteiger partial charge in [0.25, 0.3) is 0 Å². The van der Waals surface area contributed by atoms with E-state index in [0.717, 1.165) is 25.7 Å². The second-order valence-electron chi connectivity index (χ2n) is 10.1. The molecule has 2 fully saturated rings. The quantitative estimate of drug-likeness (QED) is 0.385. The van der Waals surface area contributed by atoms with Gasteiger partial charge in [-0.25, -0.2) is 18.7 Å². The minimum atomic E-state index is -0.672. The molecule has 0 aliphatic carbocycles. The van der Waals surface area contributed by atoms with Crippen molar-refractivity contribution in [1.29, 1.82) is 5.26 Å². The van der Waals surface area contributed by atoms with E-state index in [4.69, 9.17) is 20.2 Å². The average molecular weight is 551 g/mol. The highest BCUT2D eigenvalue weighted by Gasteiger charge is 2.42. The van der Waals surface area contributed by atoms with E-state index < -0.39 is 11.6 Å². The van der Waals surface area contributed by atoms with Crippen molar-refractivity contribution in [2.75, 3.05) is 11.7 Å². The van der Waals surface area contributed by atoms with Crippen LogP contribution in [0.15, 0.2) is 42.7 Å². The molecule has 2 unspecified atom stereocenters. The summed E-state index contributed by atoms with van der Waals surface area (Å²) in [6, 6.07) is 9.70. The minimum absolute atomic E-state index is 0. The summed E-state index contributed by atoms with van der Waals surface area (Å²) < 4.78 is 43.6. The van der Waals surface area contributed by atoms with Crippen molar-refractivity contribution >= 4 is 24.0 Å². The molecule has 8 nitrogen and oxygen atoms in total. The highest BCUT2D eigenvalue weighted by molar-refractivity contribution is 5.93. The Labute approximate surface area is 229 Å². The second-order valence-corrected chi connectivity index (χ2v) is 10.1. The van der Waals surface area contributed by atoms with Gasteiger partial charge in [0.1, 0.15) is 29.1 Å². The van der Waals surface area contributed by atoms with Gasteiger partial charge in [-0.1, -0.05) is 6.07 Å². The molecule has 11 heteroatoms. The lowest BCUT2D eigenvalue weighted by molar-refractivity contribution is -0.0162. The fourth-order valence-corrected chi connectivity index (χ4v) is 6.28. The van der Waals surface area contributed by atoms with E-state index in [1.807, 2.05) is 16.7 Å². The molecule has 0 radical (unpaired) electrons. The number of hydrogen-bond donors (Lipinski definition) is 1. The first-order valence-electron chi connectivity index (χ1n) is 12.7. The number of nitriles is 1. The molecule has 2 N–H and O–H groups in total. The Balaban J connectivity index is 0.00000277. The average Bonchev–Trinajstić information content (AvgIpc) is 3.51. The number of benzene rings is 2. The Morgan fingerprint density at radius 1 is 1.05 bits per heavy atom. The van der Waals surface area contributed by atoms with Crippen molar-refractivity contribution in [1.82, 2.24) is 14.4 Å². The number of halogens is 3. The van der Waals surface area contributed by atoms with Crippen molar-refractivity contribution in [2.45, 2.75) is 50.4 Å². The van der Waals surface area contributed by atoms with Gasteiger partial charge in [-0.2, -0.15) is 5.26 Å². The van der Waals surface area contributed by atoms with E-state index in [1.165, 1.54) is 18.2 Å². The summed E-state index contributed by atoms with van der Waals surface area (Å²) in [5.74, 6) is 0.0185. The second kappa shape index (κ2) is 9.75. The maximum absolute atomic E-state index is 15.7. The van der Waals surface area contributed by atoms with Crippen molar-refractivity contribution in [3.8, 4) is 34.2 Å². The lowest BCUT2D eigenvalue weighted by Crippen LogP contribution is -2.48. The van der Waals surface area contributed by atoms with Crippen LogP contribution in [0.4, 0.5) is 14.7 Å². The molecule has 2 bridgehead atoms.